The Labute approximate surface area is 130 Å². The molecule has 2 aliphatic heterocycles. The van der Waals surface area contributed by atoms with Gasteiger partial charge in [-0.15, -0.1) is 0 Å². The van der Waals surface area contributed by atoms with Crippen molar-refractivity contribution in [1.29, 1.82) is 0 Å². The highest BCUT2D eigenvalue weighted by atomic mass is 32.2. The number of ether oxygens (including phenoxy) is 1. The minimum absolute atomic E-state index is 0.117. The monoisotopic (exact) mass is 327 g/mol. The molecule has 1 unspecified atom stereocenters. The van der Waals surface area contributed by atoms with Crippen LogP contribution in [-0.2, 0) is 14.8 Å². The van der Waals surface area contributed by atoms with Crippen molar-refractivity contribution < 1.29 is 17.9 Å². The van der Waals surface area contributed by atoms with E-state index in [4.69, 9.17) is 4.74 Å². The maximum atomic E-state index is 12.6. The summed E-state index contributed by atoms with van der Waals surface area (Å²) < 4.78 is 32.0. The van der Waals surface area contributed by atoms with Crippen LogP contribution >= 0.6 is 0 Å². The van der Waals surface area contributed by atoms with E-state index in [1.165, 1.54) is 16.6 Å². The molecule has 2 saturated heterocycles. The number of aromatic nitrogens is 1. The number of H-pyrrole nitrogens is 1. The molecular weight excluding hydrogens is 306 g/mol. The Hall–Kier alpha value is -1.38. The first-order valence-corrected chi connectivity index (χ1v) is 9.02. The molecule has 122 valence electrons. The summed E-state index contributed by atoms with van der Waals surface area (Å²) in [4.78, 5) is 17.0. The lowest BCUT2D eigenvalue weighted by molar-refractivity contribution is 0.0102. The predicted octanol–water partition coefficient (Wildman–Crippen LogP) is 0.660. The maximum absolute atomic E-state index is 12.6. The van der Waals surface area contributed by atoms with Gasteiger partial charge >= 0.3 is 0 Å². The number of nitrogens with zero attached hydrogens (tertiary/aromatic N) is 2. The van der Waals surface area contributed by atoms with E-state index in [2.05, 4.69) is 4.98 Å². The van der Waals surface area contributed by atoms with Gasteiger partial charge in [-0.1, -0.05) is 0 Å². The van der Waals surface area contributed by atoms with E-state index >= 15 is 0 Å². The van der Waals surface area contributed by atoms with Crippen molar-refractivity contribution in [2.75, 3.05) is 32.8 Å². The van der Waals surface area contributed by atoms with Gasteiger partial charge < -0.3 is 14.6 Å². The quantitative estimate of drug-likeness (QED) is 0.884. The predicted molar refractivity (Wildman–Crippen MR) is 80.1 cm³/mol. The SMILES string of the molecule is CC1CN(S(=O)(=O)c2c[nH]c(C(=O)N3CCCC3)c2)CCO1. The molecule has 2 fully saturated rings. The number of hydrogen-bond acceptors (Lipinski definition) is 4. The van der Waals surface area contributed by atoms with Gasteiger partial charge in [0.2, 0.25) is 10.0 Å². The molecule has 0 spiro atoms. The molecule has 7 nitrogen and oxygen atoms in total. The average Bonchev–Trinajstić information content (AvgIpc) is 3.18. The van der Waals surface area contributed by atoms with Gasteiger partial charge in [0.15, 0.2) is 0 Å². The van der Waals surface area contributed by atoms with Crippen molar-refractivity contribution in [2.45, 2.75) is 30.8 Å². The fourth-order valence-corrected chi connectivity index (χ4v) is 4.39. The molecule has 0 aromatic carbocycles. The molecule has 3 heterocycles. The van der Waals surface area contributed by atoms with Crippen molar-refractivity contribution in [3.05, 3.63) is 18.0 Å². The Balaban J connectivity index is 1.78. The standard InChI is InChI=1S/C14H21N3O4S/c1-11-10-17(6-7-21-11)22(19,20)12-8-13(15-9-12)14(18)16-4-2-3-5-16/h8-9,11,15H,2-7,10H2,1H3. The summed E-state index contributed by atoms with van der Waals surface area (Å²) in [6, 6.07) is 1.44. The summed E-state index contributed by atoms with van der Waals surface area (Å²) in [5.41, 5.74) is 0.335. The molecule has 1 atom stereocenters. The van der Waals surface area contributed by atoms with E-state index in [9.17, 15) is 13.2 Å². The normalized spacial score (nSPS) is 23.9. The van der Waals surface area contributed by atoms with Crippen molar-refractivity contribution in [3.63, 3.8) is 0 Å². The van der Waals surface area contributed by atoms with Gasteiger partial charge in [-0.2, -0.15) is 4.31 Å². The van der Waals surface area contributed by atoms with Crippen LogP contribution < -0.4 is 0 Å². The minimum atomic E-state index is -3.58. The third kappa shape index (κ3) is 2.90. The van der Waals surface area contributed by atoms with Crippen molar-refractivity contribution >= 4 is 15.9 Å². The molecule has 3 rings (SSSR count). The molecule has 0 radical (unpaired) electrons. The molecule has 0 bridgehead atoms. The second-order valence-corrected chi connectivity index (χ2v) is 7.73. The third-order valence-electron chi connectivity index (χ3n) is 4.12. The van der Waals surface area contributed by atoms with Crippen LogP contribution in [0.3, 0.4) is 0 Å². The van der Waals surface area contributed by atoms with Crippen LogP contribution in [0.2, 0.25) is 0 Å². The molecule has 1 N–H and O–H groups in total. The molecule has 8 heteroatoms. The summed E-state index contributed by atoms with van der Waals surface area (Å²) in [6.45, 7) is 4.39. The average molecular weight is 327 g/mol. The summed E-state index contributed by atoms with van der Waals surface area (Å²) in [7, 11) is -3.58. The Morgan fingerprint density at radius 2 is 2.05 bits per heavy atom. The zero-order valence-electron chi connectivity index (χ0n) is 12.6. The van der Waals surface area contributed by atoms with Crippen LogP contribution in [-0.4, -0.2) is 67.4 Å². The fourth-order valence-electron chi connectivity index (χ4n) is 2.89. The zero-order chi connectivity index (χ0) is 15.7. The maximum Gasteiger partial charge on any atom is 0.270 e. The largest absolute Gasteiger partial charge is 0.376 e. The molecule has 22 heavy (non-hydrogen) atoms. The lowest BCUT2D eigenvalue weighted by Crippen LogP contribution is -2.44. The van der Waals surface area contributed by atoms with E-state index in [0.717, 1.165) is 25.9 Å². The number of nitrogens with one attached hydrogen (secondary N) is 1. The number of carbonyl (C=O) groups excluding carboxylic acids is 1. The van der Waals surface area contributed by atoms with Crippen LogP contribution in [0, 0.1) is 0 Å². The number of rotatable bonds is 3. The highest BCUT2D eigenvalue weighted by Crippen LogP contribution is 2.21. The lowest BCUT2D eigenvalue weighted by Gasteiger charge is -2.29. The van der Waals surface area contributed by atoms with Crippen molar-refractivity contribution in [1.82, 2.24) is 14.2 Å². The molecule has 2 aliphatic rings. The van der Waals surface area contributed by atoms with E-state index in [0.29, 0.717) is 25.4 Å². The summed E-state index contributed by atoms with van der Waals surface area (Å²) in [5.74, 6) is -0.130. The highest BCUT2D eigenvalue weighted by molar-refractivity contribution is 7.89. The fraction of sp³-hybridized carbons (Fsp3) is 0.643. The second-order valence-electron chi connectivity index (χ2n) is 5.79. The van der Waals surface area contributed by atoms with Gasteiger partial charge in [0.05, 0.1) is 12.7 Å². The highest BCUT2D eigenvalue weighted by Gasteiger charge is 2.31. The topological polar surface area (TPSA) is 82.7 Å². The van der Waals surface area contributed by atoms with Gasteiger partial charge in [-0.25, -0.2) is 8.42 Å². The first kappa shape index (κ1) is 15.5. The van der Waals surface area contributed by atoms with Gasteiger partial charge in [-0.05, 0) is 25.8 Å². The van der Waals surface area contributed by atoms with E-state index in [1.54, 1.807) is 4.90 Å². The van der Waals surface area contributed by atoms with Gasteiger partial charge in [-0.3, -0.25) is 4.79 Å². The minimum Gasteiger partial charge on any atom is -0.376 e. The van der Waals surface area contributed by atoms with Gasteiger partial charge in [0.1, 0.15) is 10.6 Å². The number of aromatic amines is 1. The van der Waals surface area contributed by atoms with Crippen molar-refractivity contribution in [2.24, 2.45) is 0 Å². The summed E-state index contributed by atoms with van der Waals surface area (Å²) in [5, 5.41) is 0. The van der Waals surface area contributed by atoms with Crippen LogP contribution in [0.4, 0.5) is 0 Å². The van der Waals surface area contributed by atoms with Gasteiger partial charge in [0, 0.05) is 32.4 Å². The van der Waals surface area contributed by atoms with Crippen LogP contribution in [0.5, 0.6) is 0 Å². The smallest absolute Gasteiger partial charge is 0.270 e. The molecule has 0 aliphatic carbocycles. The molecule has 1 aromatic rings. The molecule has 1 amide bonds. The lowest BCUT2D eigenvalue weighted by atomic mass is 10.3. The first-order valence-electron chi connectivity index (χ1n) is 7.58. The number of carbonyl (C=O) groups is 1. The molecule has 1 aromatic heterocycles. The summed E-state index contributed by atoms with van der Waals surface area (Å²) in [6.07, 6.45) is 3.29. The number of morpholine rings is 1. The van der Waals surface area contributed by atoms with Crippen LogP contribution in [0.15, 0.2) is 17.2 Å². The Kier molecular flexibility index (Phi) is 4.24. The van der Waals surface area contributed by atoms with Crippen molar-refractivity contribution in [3.8, 4) is 0 Å². The number of amides is 1. The van der Waals surface area contributed by atoms with E-state index in [-0.39, 0.29) is 16.9 Å². The Morgan fingerprint density at radius 3 is 2.73 bits per heavy atom. The molecule has 0 saturated carbocycles. The Morgan fingerprint density at radius 1 is 1.32 bits per heavy atom. The molecular formula is C14H21N3O4S. The van der Waals surface area contributed by atoms with Crippen LogP contribution in [0.1, 0.15) is 30.3 Å². The van der Waals surface area contributed by atoms with Gasteiger partial charge in [0.25, 0.3) is 5.91 Å². The first-order chi connectivity index (χ1) is 10.5. The summed E-state index contributed by atoms with van der Waals surface area (Å²) >= 11 is 0. The van der Waals surface area contributed by atoms with E-state index in [1.807, 2.05) is 6.92 Å². The van der Waals surface area contributed by atoms with E-state index < -0.39 is 10.0 Å². The second kappa shape index (κ2) is 6.02. The number of sulfonamides is 1. The zero-order valence-corrected chi connectivity index (χ0v) is 13.4. The number of hydrogen-bond donors (Lipinski definition) is 1. The van der Waals surface area contributed by atoms with Crippen LogP contribution in [0.25, 0.3) is 0 Å². The Bertz CT molecular complexity index is 649. The third-order valence-corrected chi connectivity index (χ3v) is 5.96. The number of likely N-dealkylation sites (tertiary alicyclic amines) is 1.